The van der Waals surface area contributed by atoms with Crippen LogP contribution in [0.2, 0.25) is 0 Å². The highest BCUT2D eigenvalue weighted by molar-refractivity contribution is 7.71. The second kappa shape index (κ2) is 7.11. The topological polar surface area (TPSA) is 66.9 Å². The second-order valence-electron chi connectivity index (χ2n) is 5.33. The molecule has 124 valence electrons. The summed E-state index contributed by atoms with van der Waals surface area (Å²) in [5, 5.41) is 5.45. The molecule has 0 fully saturated rings. The number of aromatic nitrogens is 2. The van der Waals surface area contributed by atoms with Crippen LogP contribution in [-0.4, -0.2) is 22.0 Å². The number of thiophene rings is 1. The number of carbonyl (C=O) groups excluding carboxylic acids is 1. The van der Waals surface area contributed by atoms with Crippen LogP contribution in [0.3, 0.4) is 0 Å². The maximum absolute atomic E-state index is 12.3. The first kappa shape index (κ1) is 16.6. The molecule has 1 amide bonds. The van der Waals surface area contributed by atoms with E-state index < -0.39 is 0 Å². The van der Waals surface area contributed by atoms with Gasteiger partial charge in [-0.15, -0.1) is 11.3 Å². The molecule has 0 unspecified atom stereocenters. The number of amides is 1. The van der Waals surface area contributed by atoms with E-state index >= 15 is 0 Å². The maximum atomic E-state index is 12.3. The lowest BCUT2D eigenvalue weighted by atomic mass is 10.1. The van der Waals surface area contributed by atoms with E-state index in [-0.39, 0.29) is 11.5 Å². The Labute approximate surface area is 148 Å². The minimum Gasteiger partial charge on any atom is -0.352 e. The molecule has 0 bridgehead atoms. The largest absolute Gasteiger partial charge is 0.352 e. The fourth-order valence-corrected chi connectivity index (χ4v) is 3.57. The van der Waals surface area contributed by atoms with Gasteiger partial charge in [-0.05, 0) is 55.2 Å². The number of H-pyrrole nitrogens is 1. The molecule has 0 aliphatic heterocycles. The van der Waals surface area contributed by atoms with E-state index in [4.69, 9.17) is 12.2 Å². The van der Waals surface area contributed by atoms with Crippen LogP contribution in [-0.2, 0) is 13.0 Å². The number of nitrogens with zero attached hydrogens (tertiary/aromatic N) is 1. The standard InChI is InChI=1S/C17H17N3O2S2/c1-2-20-16(22)13-6-5-11(10-14(13)19-17(20)23)15(21)18-8-7-12-4-3-9-24-12/h3-6,9-10H,2,7-8H2,1H3,(H,18,21)(H,19,23). The molecular weight excluding hydrogens is 342 g/mol. The Morgan fingerprint density at radius 2 is 2.21 bits per heavy atom. The molecule has 0 saturated carbocycles. The van der Waals surface area contributed by atoms with Gasteiger partial charge in [0.05, 0.1) is 10.9 Å². The third-order valence-corrected chi connectivity index (χ3v) is 5.06. The van der Waals surface area contributed by atoms with E-state index in [1.807, 2.05) is 24.4 Å². The molecule has 1 aromatic carbocycles. The fraction of sp³-hybridized carbons (Fsp3) is 0.235. The van der Waals surface area contributed by atoms with Gasteiger partial charge in [0, 0.05) is 23.5 Å². The summed E-state index contributed by atoms with van der Waals surface area (Å²) in [6.45, 7) is 2.95. The molecule has 24 heavy (non-hydrogen) atoms. The zero-order valence-corrected chi connectivity index (χ0v) is 14.8. The van der Waals surface area contributed by atoms with Gasteiger partial charge in [0.2, 0.25) is 0 Å². The van der Waals surface area contributed by atoms with Crippen molar-refractivity contribution in [2.45, 2.75) is 19.9 Å². The van der Waals surface area contributed by atoms with Gasteiger partial charge in [-0.1, -0.05) is 6.07 Å². The Kier molecular flexibility index (Phi) is 4.92. The fourth-order valence-electron chi connectivity index (χ4n) is 2.54. The molecule has 0 aliphatic carbocycles. The van der Waals surface area contributed by atoms with Crippen LogP contribution in [0.4, 0.5) is 0 Å². The Bertz CT molecular complexity index is 987. The van der Waals surface area contributed by atoms with Crippen molar-refractivity contribution in [3.05, 3.63) is 61.3 Å². The van der Waals surface area contributed by atoms with Crippen molar-refractivity contribution >= 4 is 40.4 Å². The number of nitrogens with one attached hydrogen (secondary N) is 2. The lowest BCUT2D eigenvalue weighted by Gasteiger charge is -2.08. The van der Waals surface area contributed by atoms with Gasteiger partial charge < -0.3 is 10.3 Å². The molecule has 0 aliphatic rings. The van der Waals surface area contributed by atoms with Crippen LogP contribution in [0.1, 0.15) is 22.2 Å². The number of benzene rings is 1. The SMILES string of the molecule is CCn1c(=S)[nH]c2cc(C(=O)NCCc3cccs3)ccc2c1=O. The Balaban J connectivity index is 1.81. The summed E-state index contributed by atoms with van der Waals surface area (Å²) >= 11 is 6.87. The summed E-state index contributed by atoms with van der Waals surface area (Å²) in [6, 6.07) is 9.06. The molecule has 2 aromatic heterocycles. The van der Waals surface area contributed by atoms with Crippen molar-refractivity contribution < 1.29 is 4.79 Å². The number of fused-ring (bicyclic) bond motifs is 1. The molecule has 5 nitrogen and oxygen atoms in total. The molecule has 0 atom stereocenters. The smallest absolute Gasteiger partial charge is 0.262 e. The van der Waals surface area contributed by atoms with Crippen LogP contribution in [0.15, 0.2) is 40.5 Å². The van der Waals surface area contributed by atoms with Crippen LogP contribution >= 0.6 is 23.6 Å². The number of hydrogen-bond acceptors (Lipinski definition) is 4. The summed E-state index contributed by atoms with van der Waals surface area (Å²) in [5.41, 5.74) is 0.953. The first-order valence-electron chi connectivity index (χ1n) is 7.67. The molecule has 2 N–H and O–H groups in total. The Morgan fingerprint density at radius 3 is 2.92 bits per heavy atom. The summed E-state index contributed by atoms with van der Waals surface area (Å²) < 4.78 is 1.86. The number of aromatic amines is 1. The average Bonchev–Trinajstić information content (AvgIpc) is 3.08. The first-order valence-corrected chi connectivity index (χ1v) is 8.96. The molecule has 3 rings (SSSR count). The minimum atomic E-state index is -0.160. The van der Waals surface area contributed by atoms with Crippen LogP contribution in [0, 0.1) is 4.77 Å². The average molecular weight is 359 g/mol. The predicted molar refractivity (Wildman–Crippen MR) is 99.4 cm³/mol. The van der Waals surface area contributed by atoms with Gasteiger partial charge >= 0.3 is 0 Å². The van der Waals surface area contributed by atoms with E-state index in [1.54, 1.807) is 29.5 Å². The zero-order chi connectivity index (χ0) is 17.1. The minimum absolute atomic E-state index is 0.138. The summed E-state index contributed by atoms with van der Waals surface area (Å²) in [5.74, 6) is -0.160. The van der Waals surface area contributed by atoms with E-state index in [2.05, 4.69) is 10.3 Å². The van der Waals surface area contributed by atoms with E-state index in [1.165, 1.54) is 9.44 Å². The first-order chi connectivity index (χ1) is 11.6. The van der Waals surface area contributed by atoms with Gasteiger partial charge in [0.15, 0.2) is 4.77 Å². The Hall–Kier alpha value is -2.25. The van der Waals surface area contributed by atoms with Crippen molar-refractivity contribution in [3.8, 4) is 0 Å². The zero-order valence-electron chi connectivity index (χ0n) is 13.2. The second-order valence-corrected chi connectivity index (χ2v) is 6.74. The number of rotatable bonds is 5. The monoisotopic (exact) mass is 359 g/mol. The van der Waals surface area contributed by atoms with Crippen LogP contribution in [0.5, 0.6) is 0 Å². The molecular formula is C17H17N3O2S2. The summed E-state index contributed by atoms with van der Waals surface area (Å²) in [7, 11) is 0. The Morgan fingerprint density at radius 1 is 1.38 bits per heavy atom. The third-order valence-electron chi connectivity index (χ3n) is 3.80. The van der Waals surface area contributed by atoms with E-state index in [9.17, 15) is 9.59 Å². The molecule has 0 radical (unpaired) electrons. The molecule has 0 saturated heterocycles. The maximum Gasteiger partial charge on any atom is 0.262 e. The molecule has 2 heterocycles. The highest BCUT2D eigenvalue weighted by Gasteiger charge is 2.09. The van der Waals surface area contributed by atoms with Crippen molar-refractivity contribution in [1.82, 2.24) is 14.9 Å². The van der Waals surface area contributed by atoms with Gasteiger partial charge in [-0.25, -0.2) is 0 Å². The highest BCUT2D eigenvalue weighted by Crippen LogP contribution is 2.11. The van der Waals surface area contributed by atoms with E-state index in [0.29, 0.717) is 34.3 Å². The van der Waals surface area contributed by atoms with Gasteiger partial charge in [0.25, 0.3) is 11.5 Å². The normalized spacial score (nSPS) is 10.9. The lowest BCUT2D eigenvalue weighted by molar-refractivity contribution is 0.0954. The number of hydrogen-bond donors (Lipinski definition) is 2. The van der Waals surface area contributed by atoms with Gasteiger partial charge in [-0.2, -0.15) is 0 Å². The summed E-state index contributed by atoms with van der Waals surface area (Å²) in [4.78, 5) is 28.9. The lowest BCUT2D eigenvalue weighted by Crippen LogP contribution is -2.26. The van der Waals surface area contributed by atoms with E-state index in [0.717, 1.165) is 6.42 Å². The predicted octanol–water partition coefficient (Wildman–Crippen LogP) is 3.11. The highest BCUT2D eigenvalue weighted by atomic mass is 32.1. The van der Waals surface area contributed by atoms with Crippen molar-refractivity contribution in [2.75, 3.05) is 6.54 Å². The van der Waals surface area contributed by atoms with Crippen molar-refractivity contribution in [3.63, 3.8) is 0 Å². The summed E-state index contributed by atoms with van der Waals surface area (Å²) in [6.07, 6.45) is 0.806. The molecule has 7 heteroatoms. The quantitative estimate of drug-likeness (QED) is 0.688. The molecule has 3 aromatic rings. The number of carbonyl (C=O) groups is 1. The van der Waals surface area contributed by atoms with Gasteiger partial charge in [-0.3, -0.25) is 14.2 Å². The van der Waals surface area contributed by atoms with Crippen LogP contribution < -0.4 is 10.9 Å². The van der Waals surface area contributed by atoms with Gasteiger partial charge in [0.1, 0.15) is 0 Å². The van der Waals surface area contributed by atoms with Crippen molar-refractivity contribution in [1.29, 1.82) is 0 Å². The van der Waals surface area contributed by atoms with Crippen LogP contribution in [0.25, 0.3) is 10.9 Å². The molecule has 0 spiro atoms. The van der Waals surface area contributed by atoms with Crippen molar-refractivity contribution in [2.24, 2.45) is 0 Å². The third kappa shape index (κ3) is 3.32.